The van der Waals surface area contributed by atoms with Crippen LogP contribution >= 0.6 is 0 Å². The zero-order chi connectivity index (χ0) is 25.7. The van der Waals surface area contributed by atoms with Crippen molar-refractivity contribution in [3.8, 4) is 0 Å². The van der Waals surface area contributed by atoms with Gasteiger partial charge in [-0.3, -0.25) is 0 Å². The predicted octanol–water partition coefficient (Wildman–Crippen LogP) is 7.59. The molecule has 0 aliphatic carbocycles. The molecule has 0 aromatic rings. The molecule has 0 heterocycles. The van der Waals surface area contributed by atoms with Crippen LogP contribution in [0.3, 0.4) is 0 Å². The smallest absolute Gasteiger partial charge is 0.330 e. The first kappa shape index (κ1) is 31.3. The Morgan fingerprint density at radius 2 is 1.34 bits per heavy atom. The minimum absolute atomic E-state index is 0.00655. The molecule has 32 heavy (non-hydrogen) atoms. The maximum absolute atomic E-state index is 12.1. The number of hydrogen-bond donors (Lipinski definition) is 0. The summed E-state index contributed by atoms with van der Waals surface area (Å²) in [5.74, 6) is -0.297. The molecule has 188 valence electrons. The van der Waals surface area contributed by atoms with Gasteiger partial charge in [0.2, 0.25) is 0 Å². The van der Waals surface area contributed by atoms with Crippen LogP contribution < -0.4 is 0 Å². The Labute approximate surface area is 201 Å². The van der Waals surface area contributed by atoms with Crippen molar-refractivity contribution in [2.24, 2.45) is 17.8 Å². The summed E-state index contributed by atoms with van der Waals surface area (Å²) in [5, 5.41) is 0.218. The molecule has 0 aliphatic heterocycles. The minimum Gasteiger partial charge on any atom is -0.458 e. The van der Waals surface area contributed by atoms with Crippen LogP contribution in [0.4, 0.5) is 0 Å². The number of hydrogen-bond acceptors (Lipinski definition) is 4. The lowest BCUT2D eigenvalue weighted by molar-refractivity contribution is -0.151. The number of rotatable bonds is 12. The van der Waals surface area contributed by atoms with Crippen molar-refractivity contribution < 1.29 is 18.4 Å². The van der Waals surface area contributed by atoms with E-state index in [0.717, 1.165) is 0 Å². The van der Waals surface area contributed by atoms with E-state index < -0.39 is 22.6 Å². The summed E-state index contributed by atoms with van der Waals surface area (Å²) in [7, 11) is -3.97. The van der Waals surface area contributed by atoms with E-state index in [1.165, 1.54) is 6.08 Å². The lowest BCUT2D eigenvalue weighted by Gasteiger charge is -2.45. The highest BCUT2D eigenvalue weighted by atomic mass is 28.4. The number of carbonyl (C=O) groups excluding carboxylic acids is 1. The molecule has 4 nitrogen and oxygen atoms in total. The summed E-state index contributed by atoms with van der Waals surface area (Å²) in [6.45, 7) is 37.1. The van der Waals surface area contributed by atoms with Crippen LogP contribution in [0.25, 0.3) is 0 Å². The highest BCUT2D eigenvalue weighted by molar-refractivity contribution is 6.74. The molecular formula is C26H52O4Si2. The number of esters is 1. The largest absolute Gasteiger partial charge is 0.458 e. The Kier molecular flexibility index (Phi) is 11.4. The van der Waals surface area contributed by atoms with Gasteiger partial charge in [0, 0.05) is 30.4 Å². The van der Waals surface area contributed by atoms with Crippen LogP contribution in [-0.2, 0) is 18.4 Å². The van der Waals surface area contributed by atoms with E-state index in [1.807, 2.05) is 13.0 Å². The van der Waals surface area contributed by atoms with Gasteiger partial charge in [0.05, 0.1) is 6.10 Å². The molecule has 5 atom stereocenters. The fourth-order valence-electron chi connectivity index (χ4n) is 3.11. The zero-order valence-electron chi connectivity index (χ0n) is 23.3. The second kappa shape index (κ2) is 11.6. The third-order valence-corrected chi connectivity index (χ3v) is 16.6. The van der Waals surface area contributed by atoms with Gasteiger partial charge in [-0.05, 0) is 36.3 Å². The van der Waals surface area contributed by atoms with Crippen molar-refractivity contribution in [1.29, 1.82) is 0 Å². The molecule has 0 amide bonds. The monoisotopic (exact) mass is 484 g/mol. The van der Waals surface area contributed by atoms with E-state index in [9.17, 15) is 4.79 Å². The molecule has 6 heteroatoms. The Bertz CT molecular complexity index is 629. The first-order valence-electron chi connectivity index (χ1n) is 12.0. The average molecular weight is 485 g/mol. The van der Waals surface area contributed by atoms with Gasteiger partial charge in [0.1, 0.15) is 6.10 Å². The molecule has 0 aromatic heterocycles. The van der Waals surface area contributed by atoms with Crippen LogP contribution in [0.1, 0.15) is 62.3 Å². The van der Waals surface area contributed by atoms with Crippen molar-refractivity contribution in [3.05, 3.63) is 25.3 Å². The fraction of sp³-hybridized carbons (Fsp3) is 0.808. The van der Waals surface area contributed by atoms with Gasteiger partial charge in [0.25, 0.3) is 0 Å². The maximum Gasteiger partial charge on any atom is 0.330 e. The second-order valence-corrected chi connectivity index (χ2v) is 22.0. The Morgan fingerprint density at radius 1 is 0.875 bits per heavy atom. The molecule has 0 radical (unpaired) electrons. The molecule has 0 aliphatic rings. The molecule has 0 bridgehead atoms. The van der Waals surface area contributed by atoms with Gasteiger partial charge in [0.15, 0.2) is 16.6 Å². The lowest BCUT2D eigenvalue weighted by atomic mass is 9.84. The van der Waals surface area contributed by atoms with E-state index in [1.54, 1.807) is 0 Å². The van der Waals surface area contributed by atoms with Crippen molar-refractivity contribution in [1.82, 2.24) is 0 Å². The topological polar surface area (TPSA) is 44.8 Å². The third-order valence-electron chi connectivity index (χ3n) is 7.66. The molecular weight excluding hydrogens is 432 g/mol. The summed E-state index contributed by atoms with van der Waals surface area (Å²) in [6.07, 6.45) is 2.62. The van der Waals surface area contributed by atoms with Gasteiger partial charge in [-0.15, -0.1) is 6.58 Å². The van der Waals surface area contributed by atoms with E-state index in [-0.39, 0.29) is 40.0 Å². The van der Waals surface area contributed by atoms with Crippen LogP contribution in [0.15, 0.2) is 25.3 Å². The van der Waals surface area contributed by atoms with Crippen molar-refractivity contribution in [2.75, 3.05) is 6.61 Å². The van der Waals surface area contributed by atoms with Gasteiger partial charge in [-0.25, -0.2) is 4.79 Å². The maximum atomic E-state index is 12.1. The number of carbonyl (C=O) groups is 1. The molecule has 0 rings (SSSR count). The Balaban J connectivity index is 6.06. The molecule has 0 aromatic carbocycles. The first-order chi connectivity index (χ1) is 14.2. The standard InChI is InChI=1S/C26H52O4Si2/c1-16-19(3)23(29-22(27)17-2)21(5)24(30-32(14,15)26(9,10)11)20(4)18-28-31(12,13)25(6,7)8/h16-17,19-21,23-24H,1-2,18H2,3-15H3/t19-,20-,21+,23-,24+/m0/s1. The molecule has 0 saturated carbocycles. The zero-order valence-corrected chi connectivity index (χ0v) is 25.3. The Hall–Kier alpha value is -0.696. The SMILES string of the molecule is C=CC(=O)O[C@H]([C@@H](C)[C@H](O[Si](C)(C)C(C)(C)C)[C@@H](C)CO[Si](C)(C)C(C)(C)C)[C@@H](C)C=C. The molecule has 0 unspecified atom stereocenters. The fourth-order valence-corrected chi connectivity index (χ4v) is 5.70. The van der Waals surface area contributed by atoms with Crippen molar-refractivity contribution in [3.63, 3.8) is 0 Å². The normalized spacial score (nSPS) is 18.3. The summed E-state index contributed by atoms with van der Waals surface area (Å²) >= 11 is 0. The van der Waals surface area contributed by atoms with E-state index >= 15 is 0 Å². The summed E-state index contributed by atoms with van der Waals surface area (Å²) in [4.78, 5) is 12.1. The first-order valence-corrected chi connectivity index (χ1v) is 17.8. The third kappa shape index (κ3) is 8.58. The highest BCUT2D eigenvalue weighted by Gasteiger charge is 2.45. The number of ether oxygens (including phenoxy) is 1. The van der Waals surface area contributed by atoms with Gasteiger partial charge in [-0.1, -0.05) is 75.0 Å². The van der Waals surface area contributed by atoms with Crippen molar-refractivity contribution in [2.45, 2.75) is 111 Å². The van der Waals surface area contributed by atoms with Crippen LogP contribution in [0, 0.1) is 17.8 Å². The quantitative estimate of drug-likeness (QED) is 0.124. The Morgan fingerprint density at radius 3 is 1.72 bits per heavy atom. The average Bonchev–Trinajstić information content (AvgIpc) is 2.65. The molecule has 0 saturated heterocycles. The second-order valence-electron chi connectivity index (χ2n) is 12.5. The van der Waals surface area contributed by atoms with Crippen LogP contribution in [-0.4, -0.2) is 41.4 Å². The predicted molar refractivity (Wildman–Crippen MR) is 143 cm³/mol. The minimum atomic E-state index is -2.07. The lowest BCUT2D eigenvalue weighted by Crippen LogP contribution is -2.52. The van der Waals surface area contributed by atoms with Gasteiger partial charge < -0.3 is 13.6 Å². The molecule has 0 spiro atoms. The van der Waals surface area contributed by atoms with Crippen LogP contribution in [0.2, 0.25) is 36.3 Å². The summed E-state index contributed by atoms with van der Waals surface area (Å²) < 4.78 is 19.4. The van der Waals surface area contributed by atoms with E-state index in [0.29, 0.717) is 6.61 Å². The molecule has 0 fully saturated rings. The highest BCUT2D eigenvalue weighted by Crippen LogP contribution is 2.41. The van der Waals surface area contributed by atoms with E-state index in [4.69, 9.17) is 13.6 Å². The summed E-state index contributed by atoms with van der Waals surface area (Å²) in [5.41, 5.74) is 0. The van der Waals surface area contributed by atoms with Gasteiger partial charge >= 0.3 is 5.97 Å². The van der Waals surface area contributed by atoms with Gasteiger partial charge in [-0.2, -0.15) is 0 Å². The van der Waals surface area contributed by atoms with Crippen LogP contribution in [0.5, 0.6) is 0 Å². The molecule has 0 N–H and O–H groups in total. The van der Waals surface area contributed by atoms with E-state index in [2.05, 4.69) is 94.7 Å². The summed E-state index contributed by atoms with van der Waals surface area (Å²) in [6, 6.07) is 0. The van der Waals surface area contributed by atoms with Crippen molar-refractivity contribution >= 4 is 22.6 Å².